The van der Waals surface area contributed by atoms with E-state index in [9.17, 15) is 0 Å². The number of hydrogen-bond acceptors (Lipinski definition) is 4. The van der Waals surface area contributed by atoms with E-state index < -0.39 is 0 Å². The highest BCUT2D eigenvalue weighted by Crippen LogP contribution is 2.38. The third kappa shape index (κ3) is 2.91. The minimum atomic E-state index is -0.0329. The smallest absolute Gasteiger partial charge is 0.211 e. The van der Waals surface area contributed by atoms with Gasteiger partial charge in [0.15, 0.2) is 0 Å². The molecule has 3 rings (SSSR count). The fourth-order valence-corrected chi connectivity index (χ4v) is 4.32. The number of guanidine groups is 1. The van der Waals surface area contributed by atoms with Gasteiger partial charge >= 0.3 is 0 Å². The van der Waals surface area contributed by atoms with Gasteiger partial charge in [0.2, 0.25) is 5.96 Å². The zero-order chi connectivity index (χ0) is 15.7. The molecule has 0 fully saturated rings. The van der Waals surface area contributed by atoms with Crippen LogP contribution in [-0.2, 0) is 6.42 Å². The number of pyridine rings is 1. The van der Waals surface area contributed by atoms with Gasteiger partial charge in [0.1, 0.15) is 0 Å². The molecule has 4 N–H and O–H groups in total. The van der Waals surface area contributed by atoms with Gasteiger partial charge in [0.05, 0.1) is 15.2 Å². The molecule has 0 saturated carbocycles. The number of hydrogen-bond donors (Lipinski definition) is 2. The molecule has 2 aromatic heterocycles. The van der Waals surface area contributed by atoms with Crippen molar-refractivity contribution >= 4 is 38.9 Å². The Labute approximate surface area is 141 Å². The van der Waals surface area contributed by atoms with Gasteiger partial charge in [-0.2, -0.15) is 5.10 Å². The van der Waals surface area contributed by atoms with Crippen molar-refractivity contribution in [3.8, 4) is 0 Å². The van der Waals surface area contributed by atoms with E-state index in [2.05, 4.69) is 49.5 Å². The van der Waals surface area contributed by atoms with Gasteiger partial charge in [-0.1, -0.05) is 0 Å². The van der Waals surface area contributed by atoms with Gasteiger partial charge in [0, 0.05) is 11.8 Å². The molecular formula is C15H16BrN5S. The second kappa shape index (κ2) is 6.18. The van der Waals surface area contributed by atoms with Crippen LogP contribution in [0.5, 0.6) is 0 Å². The molecule has 0 saturated heterocycles. The zero-order valence-electron chi connectivity index (χ0n) is 12.1. The van der Waals surface area contributed by atoms with Gasteiger partial charge in [-0.25, -0.2) is 0 Å². The number of thiophene rings is 1. The predicted molar refractivity (Wildman–Crippen MR) is 94.4 cm³/mol. The van der Waals surface area contributed by atoms with E-state index in [1.807, 2.05) is 12.3 Å². The van der Waals surface area contributed by atoms with E-state index in [1.165, 1.54) is 5.56 Å². The summed E-state index contributed by atoms with van der Waals surface area (Å²) in [7, 11) is 0. The van der Waals surface area contributed by atoms with Crippen LogP contribution in [0.15, 0.2) is 37.7 Å². The van der Waals surface area contributed by atoms with Crippen molar-refractivity contribution in [2.24, 2.45) is 21.7 Å². The largest absolute Gasteiger partial charge is 0.369 e. The van der Waals surface area contributed by atoms with Gasteiger partial charge < -0.3 is 11.5 Å². The Morgan fingerprint density at radius 3 is 2.86 bits per heavy atom. The van der Waals surface area contributed by atoms with Crippen molar-refractivity contribution < 1.29 is 0 Å². The van der Waals surface area contributed by atoms with E-state index in [-0.39, 0.29) is 5.96 Å². The SMILES string of the molecule is Cc1ccnc2c1C(=NN=C(N)N)CC(c1ccsc1Br)C2. The van der Waals surface area contributed by atoms with Crippen LogP contribution in [0.25, 0.3) is 0 Å². The predicted octanol–water partition coefficient (Wildman–Crippen LogP) is 2.92. The quantitative estimate of drug-likeness (QED) is 0.478. The Bertz CT molecular complexity index is 761. The summed E-state index contributed by atoms with van der Waals surface area (Å²) in [6.07, 6.45) is 3.54. The topological polar surface area (TPSA) is 89.6 Å². The first-order chi connectivity index (χ1) is 10.6. The Morgan fingerprint density at radius 2 is 2.18 bits per heavy atom. The number of nitrogens with two attached hydrogens (primary N) is 2. The van der Waals surface area contributed by atoms with Crippen molar-refractivity contribution in [1.82, 2.24) is 4.98 Å². The average molecular weight is 378 g/mol. The minimum Gasteiger partial charge on any atom is -0.369 e. The second-order valence-electron chi connectivity index (χ2n) is 5.28. The van der Waals surface area contributed by atoms with Crippen LogP contribution in [0.1, 0.15) is 34.7 Å². The summed E-state index contributed by atoms with van der Waals surface area (Å²) in [6, 6.07) is 4.14. The highest BCUT2D eigenvalue weighted by atomic mass is 79.9. The lowest BCUT2D eigenvalue weighted by molar-refractivity contribution is 0.677. The molecule has 0 aliphatic heterocycles. The van der Waals surface area contributed by atoms with Crippen molar-refractivity contribution in [2.45, 2.75) is 25.7 Å². The van der Waals surface area contributed by atoms with Crippen molar-refractivity contribution in [3.63, 3.8) is 0 Å². The summed E-state index contributed by atoms with van der Waals surface area (Å²) < 4.78 is 1.16. The summed E-state index contributed by atoms with van der Waals surface area (Å²) in [5.41, 5.74) is 16.3. The molecule has 7 heteroatoms. The van der Waals surface area contributed by atoms with Crippen molar-refractivity contribution in [2.75, 3.05) is 0 Å². The fraction of sp³-hybridized carbons (Fsp3) is 0.267. The van der Waals surface area contributed by atoms with Crippen LogP contribution in [0, 0.1) is 6.92 Å². The average Bonchev–Trinajstić information content (AvgIpc) is 2.90. The molecule has 0 bridgehead atoms. The Kier molecular flexibility index (Phi) is 4.26. The van der Waals surface area contributed by atoms with Crippen LogP contribution in [0.4, 0.5) is 0 Å². The van der Waals surface area contributed by atoms with Crippen LogP contribution in [-0.4, -0.2) is 16.7 Å². The monoisotopic (exact) mass is 377 g/mol. The molecule has 0 spiro atoms. The number of fused-ring (bicyclic) bond motifs is 1. The highest BCUT2D eigenvalue weighted by molar-refractivity contribution is 9.11. The van der Waals surface area contributed by atoms with E-state index in [1.54, 1.807) is 11.3 Å². The normalized spacial score (nSPS) is 19.0. The summed E-state index contributed by atoms with van der Waals surface area (Å²) in [5, 5.41) is 10.2. The van der Waals surface area contributed by atoms with E-state index in [0.29, 0.717) is 5.92 Å². The summed E-state index contributed by atoms with van der Waals surface area (Å²) >= 11 is 5.32. The standard InChI is InChI=1S/C15H16BrN5S/c1-8-2-4-19-11-6-9(10-3-5-22-14(10)16)7-12(13(8)11)20-21-15(17)18/h2-5,9H,6-7H2,1H3,(H4,17,18,21). The molecule has 1 aliphatic rings. The van der Waals surface area contributed by atoms with Crippen LogP contribution >= 0.6 is 27.3 Å². The Morgan fingerprint density at radius 1 is 1.36 bits per heavy atom. The van der Waals surface area contributed by atoms with Gasteiger partial charge in [-0.3, -0.25) is 4.98 Å². The molecule has 1 aliphatic carbocycles. The lowest BCUT2D eigenvalue weighted by Crippen LogP contribution is -2.24. The summed E-state index contributed by atoms with van der Waals surface area (Å²) in [5.74, 6) is 0.296. The van der Waals surface area contributed by atoms with Crippen LogP contribution in [0.3, 0.4) is 0 Å². The third-order valence-corrected chi connectivity index (χ3v) is 5.51. The molecule has 114 valence electrons. The molecule has 5 nitrogen and oxygen atoms in total. The first kappa shape index (κ1) is 15.2. The molecule has 2 heterocycles. The van der Waals surface area contributed by atoms with E-state index in [0.717, 1.165) is 39.2 Å². The second-order valence-corrected chi connectivity index (χ2v) is 7.51. The lowest BCUT2D eigenvalue weighted by atomic mass is 9.81. The minimum absolute atomic E-state index is 0.0329. The third-order valence-electron chi connectivity index (χ3n) is 3.78. The first-order valence-corrected chi connectivity index (χ1v) is 8.56. The van der Waals surface area contributed by atoms with Gasteiger partial charge in [-0.05, 0) is 70.3 Å². The molecular weight excluding hydrogens is 362 g/mol. The molecule has 0 radical (unpaired) electrons. The van der Waals surface area contributed by atoms with E-state index >= 15 is 0 Å². The number of halogens is 1. The number of rotatable bonds is 2. The number of aryl methyl sites for hydroxylation is 1. The Hall–Kier alpha value is -1.73. The fourth-order valence-electron chi connectivity index (χ4n) is 2.83. The van der Waals surface area contributed by atoms with Crippen LogP contribution < -0.4 is 11.5 Å². The lowest BCUT2D eigenvalue weighted by Gasteiger charge is -2.26. The highest BCUT2D eigenvalue weighted by Gasteiger charge is 2.28. The maximum absolute atomic E-state index is 5.42. The molecule has 1 unspecified atom stereocenters. The maximum Gasteiger partial charge on any atom is 0.211 e. The Balaban J connectivity index is 2.08. The molecule has 22 heavy (non-hydrogen) atoms. The first-order valence-electron chi connectivity index (χ1n) is 6.89. The van der Waals surface area contributed by atoms with Gasteiger partial charge in [-0.15, -0.1) is 16.4 Å². The summed E-state index contributed by atoms with van der Waals surface area (Å²) in [4.78, 5) is 4.54. The maximum atomic E-state index is 5.42. The number of aromatic nitrogens is 1. The van der Waals surface area contributed by atoms with E-state index in [4.69, 9.17) is 11.5 Å². The zero-order valence-corrected chi connectivity index (χ0v) is 14.5. The van der Waals surface area contributed by atoms with Gasteiger partial charge in [0.25, 0.3) is 0 Å². The van der Waals surface area contributed by atoms with Crippen molar-refractivity contribution in [1.29, 1.82) is 0 Å². The molecule has 0 amide bonds. The molecule has 0 aromatic carbocycles. The summed E-state index contributed by atoms with van der Waals surface area (Å²) in [6.45, 7) is 2.06. The van der Waals surface area contributed by atoms with Crippen LogP contribution in [0.2, 0.25) is 0 Å². The molecule has 1 atom stereocenters. The molecule has 2 aromatic rings. The van der Waals surface area contributed by atoms with Crippen molar-refractivity contribution in [3.05, 3.63) is 49.9 Å². The number of nitrogens with zero attached hydrogens (tertiary/aromatic N) is 3.